The highest BCUT2D eigenvalue weighted by molar-refractivity contribution is 4.70. The summed E-state index contributed by atoms with van der Waals surface area (Å²) in [4.78, 5) is 0. The largest absolute Gasteiger partial charge is 0.390 e. The van der Waals surface area contributed by atoms with Gasteiger partial charge >= 0.3 is 0 Å². The second-order valence-corrected chi connectivity index (χ2v) is 13.6. The molecule has 0 heterocycles. The van der Waals surface area contributed by atoms with E-state index in [1.165, 1.54) is 154 Å². The maximum absolute atomic E-state index is 10.2. The minimum absolute atomic E-state index is 0.0115. The summed E-state index contributed by atoms with van der Waals surface area (Å²) >= 11 is 0. The van der Waals surface area contributed by atoms with E-state index >= 15 is 0 Å². The van der Waals surface area contributed by atoms with Gasteiger partial charge in [-0.3, -0.25) is 0 Å². The van der Waals surface area contributed by atoms with Crippen LogP contribution in [-0.4, -0.2) is 58.1 Å². The van der Waals surface area contributed by atoms with E-state index in [4.69, 9.17) is 4.74 Å². The van der Waals surface area contributed by atoms with Crippen LogP contribution in [0.15, 0.2) is 0 Å². The number of rotatable bonds is 36. The summed E-state index contributed by atoms with van der Waals surface area (Å²) in [6.07, 6.45) is 34.0. The zero-order chi connectivity index (χ0) is 31.6. The molecule has 0 aliphatic heterocycles. The van der Waals surface area contributed by atoms with E-state index in [2.05, 4.69) is 13.8 Å². The third-order valence-corrected chi connectivity index (χ3v) is 9.17. The topological polar surface area (TPSA) is 90.2 Å². The fourth-order valence-corrected chi connectivity index (χ4v) is 6.01. The highest BCUT2D eigenvalue weighted by Crippen LogP contribution is 2.16. The normalized spacial score (nSPS) is 14.7. The minimum Gasteiger partial charge on any atom is -0.390 e. The number of ether oxygens (including phenoxy) is 1. The third-order valence-electron chi connectivity index (χ3n) is 9.17. The Morgan fingerprint density at radius 1 is 0.302 bits per heavy atom. The van der Waals surface area contributed by atoms with Gasteiger partial charge in [-0.2, -0.15) is 0 Å². The molecule has 0 spiro atoms. The predicted octanol–water partition coefficient (Wildman–Crippen LogP) is 10.2. The van der Waals surface area contributed by atoms with E-state index in [0.29, 0.717) is 12.8 Å². The maximum Gasteiger partial charge on any atom is 0.103 e. The van der Waals surface area contributed by atoms with E-state index in [9.17, 15) is 20.4 Å². The number of hydrogen-bond donors (Lipinski definition) is 4. The van der Waals surface area contributed by atoms with Crippen molar-refractivity contribution in [3.63, 3.8) is 0 Å². The molecule has 0 saturated carbocycles. The van der Waals surface area contributed by atoms with Crippen molar-refractivity contribution >= 4 is 0 Å². The van der Waals surface area contributed by atoms with Gasteiger partial charge in [0, 0.05) is 0 Å². The van der Waals surface area contributed by atoms with E-state index in [-0.39, 0.29) is 13.2 Å². The average Bonchev–Trinajstić information content (AvgIpc) is 3.00. The Hall–Kier alpha value is -0.200. The van der Waals surface area contributed by atoms with Gasteiger partial charge in [-0.15, -0.1) is 0 Å². The van der Waals surface area contributed by atoms with Crippen LogP contribution in [0, 0.1) is 0 Å². The Balaban J connectivity index is 3.49. The van der Waals surface area contributed by atoms with Crippen molar-refractivity contribution in [1.29, 1.82) is 0 Å². The average molecular weight is 615 g/mol. The standard InChI is InChI=1S/C38H78O5/c1-3-5-7-9-11-13-15-17-19-21-23-25-27-29-31-35(39)37(41)33-43-34-38(42)36(40)32-30-28-26-24-22-20-18-16-14-12-10-8-6-4-2/h35-42H,3-34H2,1-2H3. The van der Waals surface area contributed by atoms with Crippen LogP contribution in [0.4, 0.5) is 0 Å². The van der Waals surface area contributed by atoms with Crippen LogP contribution >= 0.6 is 0 Å². The number of hydrogen-bond acceptors (Lipinski definition) is 5. The Kier molecular flexibility index (Phi) is 34.5. The molecular weight excluding hydrogens is 536 g/mol. The summed E-state index contributed by atoms with van der Waals surface area (Å²) in [6, 6.07) is 0. The smallest absolute Gasteiger partial charge is 0.103 e. The lowest BCUT2D eigenvalue weighted by atomic mass is 10.0. The van der Waals surface area contributed by atoms with Crippen LogP contribution in [0.5, 0.6) is 0 Å². The number of aliphatic hydroxyl groups is 4. The van der Waals surface area contributed by atoms with Crippen LogP contribution < -0.4 is 0 Å². The van der Waals surface area contributed by atoms with Gasteiger partial charge in [0.05, 0.1) is 25.4 Å². The second-order valence-electron chi connectivity index (χ2n) is 13.6. The lowest BCUT2D eigenvalue weighted by Crippen LogP contribution is -2.35. The van der Waals surface area contributed by atoms with Crippen molar-refractivity contribution in [3.8, 4) is 0 Å². The highest BCUT2D eigenvalue weighted by atomic mass is 16.5. The first-order valence-corrected chi connectivity index (χ1v) is 19.3. The molecule has 4 unspecified atom stereocenters. The predicted molar refractivity (Wildman–Crippen MR) is 185 cm³/mol. The van der Waals surface area contributed by atoms with Gasteiger partial charge in [-0.25, -0.2) is 0 Å². The Morgan fingerprint density at radius 2 is 0.512 bits per heavy atom. The Bertz CT molecular complexity index is 473. The monoisotopic (exact) mass is 615 g/mol. The summed E-state index contributed by atoms with van der Waals surface area (Å²) < 4.78 is 5.43. The van der Waals surface area contributed by atoms with Crippen molar-refractivity contribution < 1.29 is 25.2 Å². The second kappa shape index (κ2) is 34.7. The van der Waals surface area contributed by atoms with Crippen molar-refractivity contribution in [1.82, 2.24) is 0 Å². The lowest BCUT2D eigenvalue weighted by Gasteiger charge is -2.21. The van der Waals surface area contributed by atoms with Gasteiger partial charge in [0.1, 0.15) is 12.2 Å². The van der Waals surface area contributed by atoms with Gasteiger partial charge in [0.2, 0.25) is 0 Å². The SMILES string of the molecule is CCCCCCCCCCCCCCCCC(O)C(O)COCC(O)C(O)CCCCCCCCCCCCCCCC. The maximum atomic E-state index is 10.2. The molecule has 0 radical (unpaired) electrons. The molecule has 0 saturated heterocycles. The zero-order valence-corrected chi connectivity index (χ0v) is 29.1. The number of unbranched alkanes of at least 4 members (excludes halogenated alkanes) is 26. The first-order valence-electron chi connectivity index (χ1n) is 19.3. The molecule has 0 rings (SSSR count). The van der Waals surface area contributed by atoms with Gasteiger partial charge in [-0.1, -0.05) is 194 Å². The summed E-state index contributed by atoms with van der Waals surface area (Å²) in [7, 11) is 0. The van der Waals surface area contributed by atoms with Gasteiger partial charge in [-0.05, 0) is 12.8 Å². The van der Waals surface area contributed by atoms with Crippen LogP contribution in [0.3, 0.4) is 0 Å². The molecule has 5 heteroatoms. The third kappa shape index (κ3) is 31.6. The molecule has 4 atom stereocenters. The molecule has 43 heavy (non-hydrogen) atoms. The van der Waals surface area contributed by atoms with E-state index in [0.717, 1.165) is 25.7 Å². The first-order chi connectivity index (χ1) is 21.0. The zero-order valence-electron chi connectivity index (χ0n) is 29.1. The van der Waals surface area contributed by atoms with E-state index < -0.39 is 24.4 Å². The van der Waals surface area contributed by atoms with Crippen LogP contribution in [0.1, 0.15) is 206 Å². The van der Waals surface area contributed by atoms with Crippen LogP contribution in [0.2, 0.25) is 0 Å². The molecule has 0 aromatic heterocycles. The molecule has 0 amide bonds. The van der Waals surface area contributed by atoms with Gasteiger partial charge in [0.25, 0.3) is 0 Å². The molecule has 0 fully saturated rings. The summed E-state index contributed by atoms with van der Waals surface area (Å²) in [5, 5.41) is 40.9. The molecule has 0 aromatic rings. The molecule has 0 bridgehead atoms. The molecule has 260 valence electrons. The van der Waals surface area contributed by atoms with Crippen LogP contribution in [0.25, 0.3) is 0 Å². The minimum atomic E-state index is -0.947. The Morgan fingerprint density at radius 3 is 0.744 bits per heavy atom. The fraction of sp³-hybridized carbons (Fsp3) is 1.00. The van der Waals surface area contributed by atoms with Gasteiger partial charge < -0.3 is 25.2 Å². The Labute approximate surface area is 269 Å². The molecular formula is C38H78O5. The molecule has 0 aliphatic rings. The molecule has 5 nitrogen and oxygen atoms in total. The number of aliphatic hydroxyl groups excluding tert-OH is 4. The van der Waals surface area contributed by atoms with E-state index in [1.807, 2.05) is 0 Å². The van der Waals surface area contributed by atoms with E-state index in [1.54, 1.807) is 0 Å². The first kappa shape index (κ1) is 42.8. The summed E-state index contributed by atoms with van der Waals surface area (Å²) in [5.41, 5.74) is 0. The lowest BCUT2D eigenvalue weighted by molar-refractivity contribution is -0.0799. The van der Waals surface area contributed by atoms with Crippen molar-refractivity contribution in [2.45, 2.75) is 231 Å². The molecule has 0 aromatic carbocycles. The molecule has 4 N–H and O–H groups in total. The highest BCUT2D eigenvalue weighted by Gasteiger charge is 2.19. The molecule has 0 aliphatic carbocycles. The fourth-order valence-electron chi connectivity index (χ4n) is 6.01. The van der Waals surface area contributed by atoms with Gasteiger partial charge in [0.15, 0.2) is 0 Å². The van der Waals surface area contributed by atoms with Crippen molar-refractivity contribution in [2.24, 2.45) is 0 Å². The van der Waals surface area contributed by atoms with Crippen molar-refractivity contribution in [2.75, 3.05) is 13.2 Å². The van der Waals surface area contributed by atoms with Crippen molar-refractivity contribution in [3.05, 3.63) is 0 Å². The summed E-state index contributed by atoms with van der Waals surface area (Å²) in [5.74, 6) is 0. The summed E-state index contributed by atoms with van der Waals surface area (Å²) in [6.45, 7) is 4.51. The quantitative estimate of drug-likeness (QED) is 0.0527. The van der Waals surface area contributed by atoms with Crippen LogP contribution in [-0.2, 0) is 4.74 Å².